The number of ketones is 1. The van der Waals surface area contributed by atoms with Crippen molar-refractivity contribution >= 4 is 11.8 Å². The van der Waals surface area contributed by atoms with Crippen LogP contribution in [0.5, 0.6) is 0 Å². The lowest BCUT2D eigenvalue weighted by Gasteiger charge is -2.29. The molecule has 0 aliphatic carbocycles. The summed E-state index contributed by atoms with van der Waals surface area (Å²) in [6.07, 6.45) is 9.73. The Morgan fingerprint density at radius 1 is 0.667 bits per heavy atom. The number of unbranched alkanes of at least 4 members (excludes halogenated alkanes) is 4. The van der Waals surface area contributed by atoms with Gasteiger partial charge in [-0.05, 0) is 48.6 Å². The van der Waals surface area contributed by atoms with Crippen LogP contribution in [-0.2, 0) is 20.4 Å². The average molecular weight is 497 g/mol. The second-order valence-electron chi connectivity index (χ2n) is 10.6. The number of carboxylic acid groups (broad SMARTS) is 1. The number of carbonyl (C=O) groups is 2. The maximum Gasteiger partial charge on any atom is 0.304 e. The van der Waals surface area contributed by atoms with Crippen LogP contribution in [0.1, 0.15) is 109 Å². The number of Topliss-reactive ketones (excluding diaryl/α,β-unsaturated/α-hetero) is 1. The number of rotatable bonds is 18. The van der Waals surface area contributed by atoms with E-state index in [0.29, 0.717) is 18.6 Å². The molecule has 0 saturated heterocycles. The molecular weight excluding hydrogens is 448 g/mol. The van der Waals surface area contributed by atoms with Crippen LogP contribution in [-0.4, -0.2) is 28.6 Å². The second-order valence-corrected chi connectivity index (χ2v) is 10.6. The molecule has 0 radical (unpaired) electrons. The zero-order valence-electron chi connectivity index (χ0n) is 21.7. The Bertz CT molecular complexity index is 880. The molecule has 2 unspecified atom stereocenters. The summed E-state index contributed by atoms with van der Waals surface area (Å²) < 4.78 is 0. The molecule has 200 valence electrons. The fourth-order valence-corrected chi connectivity index (χ4v) is 5.16. The van der Waals surface area contributed by atoms with E-state index in [-0.39, 0.29) is 31.3 Å². The Balaban J connectivity index is 0.00000648. The maximum absolute atomic E-state index is 12.3. The summed E-state index contributed by atoms with van der Waals surface area (Å²) in [5.41, 5.74) is 1.95. The number of carbonyl (C=O) groups excluding carboxylic acids is 1. The normalized spacial score (nSPS) is 14.3. The van der Waals surface area contributed by atoms with Crippen LogP contribution in [0.15, 0.2) is 60.7 Å². The van der Waals surface area contributed by atoms with E-state index in [9.17, 15) is 19.8 Å². The Hall–Kier alpha value is -2.46. The van der Waals surface area contributed by atoms with E-state index >= 15 is 0 Å². The van der Waals surface area contributed by atoms with Gasteiger partial charge in [-0.15, -0.1) is 0 Å². The lowest BCUT2D eigenvalue weighted by molar-refractivity contribution is -0.138. The molecule has 0 amide bonds. The first-order chi connectivity index (χ1) is 16.8. The van der Waals surface area contributed by atoms with Gasteiger partial charge in [0.2, 0.25) is 0 Å². The molecule has 0 aromatic heterocycles. The highest BCUT2D eigenvalue weighted by Gasteiger charge is 2.29. The molecule has 2 aromatic carbocycles. The molecule has 0 spiro atoms. The highest BCUT2D eigenvalue weighted by Crippen LogP contribution is 2.34. The van der Waals surface area contributed by atoms with E-state index in [2.05, 4.69) is 31.2 Å². The molecule has 2 rings (SSSR count). The minimum atomic E-state index is -0.771. The van der Waals surface area contributed by atoms with Crippen molar-refractivity contribution in [2.45, 2.75) is 109 Å². The van der Waals surface area contributed by atoms with E-state index in [4.69, 9.17) is 0 Å². The highest BCUT2D eigenvalue weighted by molar-refractivity contribution is 5.78. The number of aliphatic hydroxyl groups is 1. The number of aliphatic hydroxyl groups excluding tert-OH is 1. The topological polar surface area (TPSA) is 74.6 Å². The summed E-state index contributed by atoms with van der Waals surface area (Å²) in [5, 5.41) is 18.9. The van der Waals surface area contributed by atoms with Gasteiger partial charge in [-0.1, -0.05) is 108 Å². The van der Waals surface area contributed by atoms with Crippen molar-refractivity contribution in [3.8, 4) is 0 Å². The van der Waals surface area contributed by atoms with E-state index in [1.807, 2.05) is 43.3 Å². The molecule has 2 aromatic rings. The van der Waals surface area contributed by atoms with Crippen LogP contribution in [0.4, 0.5) is 0 Å². The van der Waals surface area contributed by atoms with Crippen LogP contribution in [0.3, 0.4) is 0 Å². The van der Waals surface area contributed by atoms with E-state index in [0.717, 1.165) is 63.4 Å². The highest BCUT2D eigenvalue weighted by atomic mass is 16.4. The van der Waals surface area contributed by atoms with Gasteiger partial charge in [0.1, 0.15) is 5.78 Å². The minimum absolute atomic E-state index is 0. The summed E-state index contributed by atoms with van der Waals surface area (Å²) in [7, 11) is 0. The molecule has 2 atom stereocenters. The van der Waals surface area contributed by atoms with E-state index < -0.39 is 5.97 Å². The molecule has 2 N–H and O–H groups in total. The van der Waals surface area contributed by atoms with E-state index in [1.54, 1.807) is 0 Å². The molecule has 0 bridgehead atoms. The zero-order chi connectivity index (χ0) is 25.6. The van der Waals surface area contributed by atoms with Crippen molar-refractivity contribution in [3.63, 3.8) is 0 Å². The molecule has 4 nitrogen and oxygen atoms in total. The molecule has 36 heavy (non-hydrogen) atoms. The summed E-state index contributed by atoms with van der Waals surface area (Å²) in [6.45, 7) is 4.44. The van der Waals surface area contributed by atoms with Gasteiger partial charge in [-0.2, -0.15) is 0 Å². The van der Waals surface area contributed by atoms with Crippen molar-refractivity contribution in [1.82, 2.24) is 0 Å². The molecule has 4 heteroatoms. The smallest absolute Gasteiger partial charge is 0.304 e. The first kappa shape index (κ1) is 31.6. The SMILES string of the molecule is C.CC(CCO)(CCCCCC(=O)CCCCCC(C)(CC(=O)O)c1ccccc1)c1ccccc1. The zero-order valence-corrected chi connectivity index (χ0v) is 21.7. The predicted molar refractivity (Wildman–Crippen MR) is 149 cm³/mol. The van der Waals surface area contributed by atoms with Crippen molar-refractivity contribution in [1.29, 1.82) is 0 Å². The Morgan fingerprint density at radius 3 is 1.56 bits per heavy atom. The first-order valence-corrected chi connectivity index (χ1v) is 13.2. The maximum atomic E-state index is 12.3. The van der Waals surface area contributed by atoms with Gasteiger partial charge in [0.05, 0.1) is 6.42 Å². The lowest BCUT2D eigenvalue weighted by atomic mass is 9.75. The largest absolute Gasteiger partial charge is 0.481 e. The predicted octanol–water partition coefficient (Wildman–Crippen LogP) is 7.87. The van der Waals surface area contributed by atoms with E-state index in [1.165, 1.54) is 5.56 Å². The summed E-state index contributed by atoms with van der Waals surface area (Å²) in [5.74, 6) is -0.436. The van der Waals surface area contributed by atoms with Gasteiger partial charge in [0.15, 0.2) is 0 Å². The van der Waals surface area contributed by atoms with Gasteiger partial charge >= 0.3 is 5.97 Å². The van der Waals surface area contributed by atoms with Gasteiger partial charge < -0.3 is 10.2 Å². The number of benzene rings is 2. The monoisotopic (exact) mass is 496 g/mol. The third-order valence-electron chi connectivity index (χ3n) is 7.51. The molecule has 0 aliphatic heterocycles. The van der Waals surface area contributed by atoms with Crippen molar-refractivity contribution in [2.75, 3.05) is 6.61 Å². The van der Waals surface area contributed by atoms with Gasteiger partial charge in [0.25, 0.3) is 0 Å². The summed E-state index contributed by atoms with van der Waals surface area (Å²) in [6, 6.07) is 20.3. The van der Waals surface area contributed by atoms with Gasteiger partial charge in [0, 0.05) is 24.9 Å². The Kier molecular flexibility index (Phi) is 14.3. The number of hydrogen-bond acceptors (Lipinski definition) is 3. The second kappa shape index (κ2) is 16.3. The number of aliphatic carboxylic acids is 1. The average Bonchev–Trinajstić information content (AvgIpc) is 2.84. The summed E-state index contributed by atoms with van der Waals surface area (Å²) in [4.78, 5) is 23.8. The lowest BCUT2D eigenvalue weighted by Crippen LogP contribution is -2.25. The molecule has 0 fully saturated rings. The molecule has 0 aliphatic rings. The third kappa shape index (κ3) is 10.7. The van der Waals surface area contributed by atoms with Crippen LogP contribution >= 0.6 is 0 Å². The van der Waals surface area contributed by atoms with Crippen LogP contribution in [0, 0.1) is 0 Å². The fraction of sp³-hybridized carbons (Fsp3) is 0.562. The minimum Gasteiger partial charge on any atom is -0.481 e. The van der Waals surface area contributed by atoms with Crippen molar-refractivity contribution < 1.29 is 19.8 Å². The van der Waals surface area contributed by atoms with Crippen molar-refractivity contribution in [3.05, 3.63) is 71.8 Å². The third-order valence-corrected chi connectivity index (χ3v) is 7.51. The standard InChI is InChI=1S/C31H44O4.CH4/c1-30(23-24-32,26-15-7-3-8-16-26)21-13-5-11-19-28(33)20-12-6-14-22-31(2,25-29(34)35)27-17-9-4-10-18-27;/h3-4,7-10,15-18,32H,5-6,11-14,19-25H2,1-2H3,(H,34,35);1H4. The number of hydrogen-bond donors (Lipinski definition) is 2. The Morgan fingerprint density at radius 2 is 1.11 bits per heavy atom. The fourth-order valence-electron chi connectivity index (χ4n) is 5.16. The number of carboxylic acids is 1. The van der Waals surface area contributed by atoms with Gasteiger partial charge in [-0.25, -0.2) is 0 Å². The quantitative estimate of drug-likeness (QED) is 0.206. The molecular formula is C32H48O4. The van der Waals surface area contributed by atoms with Gasteiger partial charge in [-0.3, -0.25) is 9.59 Å². The molecule has 0 saturated carbocycles. The first-order valence-electron chi connectivity index (χ1n) is 13.2. The van der Waals surface area contributed by atoms with Crippen LogP contribution in [0.25, 0.3) is 0 Å². The van der Waals surface area contributed by atoms with Crippen LogP contribution in [0.2, 0.25) is 0 Å². The van der Waals surface area contributed by atoms with Crippen molar-refractivity contribution in [2.24, 2.45) is 0 Å². The Labute approximate surface area is 219 Å². The van der Waals surface area contributed by atoms with Crippen LogP contribution < -0.4 is 0 Å². The molecule has 0 heterocycles. The summed E-state index contributed by atoms with van der Waals surface area (Å²) >= 11 is 0.